The van der Waals surface area contributed by atoms with Crippen LogP contribution in [-0.4, -0.2) is 42.4 Å². The van der Waals surface area contributed by atoms with Gasteiger partial charge in [-0.2, -0.15) is 0 Å². The van der Waals surface area contributed by atoms with E-state index in [1.54, 1.807) is 0 Å². The van der Waals surface area contributed by atoms with Crippen LogP contribution >= 0.6 is 0 Å². The average Bonchev–Trinajstić information content (AvgIpc) is 2.54. The first kappa shape index (κ1) is 15.5. The van der Waals surface area contributed by atoms with Crippen LogP contribution in [0.1, 0.15) is 24.8 Å². The van der Waals surface area contributed by atoms with E-state index in [4.69, 9.17) is 5.73 Å². The fraction of sp³-hybridized carbons (Fsp3) is 0.500. The lowest BCUT2D eigenvalue weighted by molar-refractivity contribution is -0.133. The molecule has 0 aliphatic carbocycles. The number of nitrogens with one attached hydrogen (secondary N) is 1. The molecule has 114 valence electrons. The maximum Gasteiger partial charge on any atom is 0.241 e. The molecule has 1 aliphatic heterocycles. The van der Waals surface area contributed by atoms with Crippen LogP contribution in [0.2, 0.25) is 0 Å². The van der Waals surface area contributed by atoms with E-state index in [1.807, 2.05) is 35.2 Å². The Labute approximate surface area is 125 Å². The molecule has 3 N–H and O–H groups in total. The summed E-state index contributed by atoms with van der Waals surface area (Å²) in [5.41, 5.74) is 6.89. The highest BCUT2D eigenvalue weighted by Gasteiger charge is 2.19. The molecule has 1 aromatic rings. The molecular formula is C16H23N3O2. The Balaban J connectivity index is 1.74. The molecular weight excluding hydrogens is 266 g/mol. The summed E-state index contributed by atoms with van der Waals surface area (Å²) < 4.78 is 0. The minimum Gasteiger partial charge on any atom is -0.346 e. The molecule has 21 heavy (non-hydrogen) atoms. The van der Waals surface area contributed by atoms with Gasteiger partial charge in [0.25, 0.3) is 0 Å². The molecule has 0 bridgehead atoms. The van der Waals surface area contributed by atoms with Gasteiger partial charge in [-0.25, -0.2) is 0 Å². The molecule has 1 aromatic carbocycles. The van der Waals surface area contributed by atoms with E-state index in [1.165, 1.54) is 6.42 Å². The first-order valence-corrected chi connectivity index (χ1v) is 7.52. The lowest BCUT2D eigenvalue weighted by Crippen LogP contribution is -2.47. The van der Waals surface area contributed by atoms with Crippen molar-refractivity contribution in [2.45, 2.75) is 31.7 Å². The van der Waals surface area contributed by atoms with Crippen LogP contribution in [0, 0.1) is 0 Å². The van der Waals surface area contributed by atoms with Crippen LogP contribution in [0.15, 0.2) is 30.3 Å². The molecule has 5 nitrogen and oxygen atoms in total. The molecule has 1 saturated heterocycles. The number of hydrogen-bond donors (Lipinski definition) is 2. The molecule has 2 rings (SSSR count). The van der Waals surface area contributed by atoms with Crippen LogP contribution in [0.4, 0.5) is 0 Å². The predicted molar refractivity (Wildman–Crippen MR) is 81.6 cm³/mol. The van der Waals surface area contributed by atoms with Crippen molar-refractivity contribution < 1.29 is 9.59 Å². The summed E-state index contributed by atoms with van der Waals surface area (Å²) >= 11 is 0. The molecule has 1 fully saturated rings. The minimum atomic E-state index is -0.624. The highest BCUT2D eigenvalue weighted by atomic mass is 16.2. The normalized spacial score (nSPS) is 16.3. The number of piperidine rings is 1. The summed E-state index contributed by atoms with van der Waals surface area (Å²) in [5.74, 6) is -0.292. The fourth-order valence-corrected chi connectivity index (χ4v) is 2.51. The highest BCUT2D eigenvalue weighted by Crippen LogP contribution is 2.08. The molecule has 0 aromatic heterocycles. The Hall–Kier alpha value is -1.88. The maximum atomic E-state index is 12.0. The number of nitrogens with two attached hydrogens (primary N) is 1. The van der Waals surface area contributed by atoms with Gasteiger partial charge in [0.15, 0.2) is 0 Å². The van der Waals surface area contributed by atoms with Crippen LogP contribution in [-0.2, 0) is 16.0 Å². The van der Waals surface area contributed by atoms with Crippen molar-refractivity contribution in [2.75, 3.05) is 19.6 Å². The molecule has 1 heterocycles. The van der Waals surface area contributed by atoms with Gasteiger partial charge in [0.1, 0.15) is 0 Å². The summed E-state index contributed by atoms with van der Waals surface area (Å²) in [6, 6.07) is 9.01. The standard InChI is InChI=1S/C16H23N3O2/c17-14(11-13-7-3-1-4-8-13)16(21)18-12-15(20)19-9-5-2-6-10-19/h1,3-4,7-8,14H,2,5-6,9-12,17H2,(H,18,21). The van der Waals surface area contributed by atoms with E-state index < -0.39 is 6.04 Å². The van der Waals surface area contributed by atoms with Crippen molar-refractivity contribution in [3.8, 4) is 0 Å². The number of carbonyl (C=O) groups is 2. The van der Waals surface area contributed by atoms with E-state index >= 15 is 0 Å². The zero-order valence-corrected chi connectivity index (χ0v) is 12.3. The minimum absolute atomic E-state index is 0.0186. The highest BCUT2D eigenvalue weighted by molar-refractivity contribution is 5.87. The quantitative estimate of drug-likeness (QED) is 0.837. The number of hydrogen-bond acceptors (Lipinski definition) is 3. The summed E-state index contributed by atoms with van der Waals surface area (Å²) in [6.45, 7) is 1.64. The molecule has 0 saturated carbocycles. The van der Waals surface area contributed by atoms with Gasteiger partial charge in [-0.1, -0.05) is 30.3 Å². The zero-order valence-electron chi connectivity index (χ0n) is 12.3. The van der Waals surface area contributed by atoms with Gasteiger partial charge >= 0.3 is 0 Å². The van der Waals surface area contributed by atoms with E-state index in [9.17, 15) is 9.59 Å². The molecule has 5 heteroatoms. The molecule has 0 spiro atoms. The Morgan fingerprint density at radius 3 is 2.48 bits per heavy atom. The second-order valence-corrected chi connectivity index (χ2v) is 5.46. The largest absolute Gasteiger partial charge is 0.346 e. The van der Waals surface area contributed by atoms with Gasteiger partial charge in [0.05, 0.1) is 12.6 Å². The number of amides is 2. The van der Waals surface area contributed by atoms with Gasteiger partial charge in [-0.05, 0) is 31.2 Å². The van der Waals surface area contributed by atoms with Crippen LogP contribution in [0.3, 0.4) is 0 Å². The number of nitrogens with zero attached hydrogens (tertiary/aromatic N) is 1. The third kappa shape index (κ3) is 4.86. The van der Waals surface area contributed by atoms with Gasteiger partial charge in [0.2, 0.25) is 11.8 Å². The van der Waals surface area contributed by atoms with Crippen LogP contribution in [0.25, 0.3) is 0 Å². The molecule has 2 amide bonds. The number of rotatable bonds is 5. The Kier molecular flexibility index (Phi) is 5.75. The van der Waals surface area contributed by atoms with E-state index in [-0.39, 0.29) is 18.4 Å². The lowest BCUT2D eigenvalue weighted by Gasteiger charge is -2.27. The van der Waals surface area contributed by atoms with Crippen LogP contribution in [0.5, 0.6) is 0 Å². The zero-order chi connectivity index (χ0) is 15.1. The van der Waals surface area contributed by atoms with Crippen molar-refractivity contribution in [3.63, 3.8) is 0 Å². The Morgan fingerprint density at radius 1 is 1.14 bits per heavy atom. The summed E-state index contributed by atoms with van der Waals surface area (Å²) in [7, 11) is 0. The summed E-state index contributed by atoms with van der Waals surface area (Å²) in [6.07, 6.45) is 3.75. The Bertz CT molecular complexity index is 470. The van der Waals surface area contributed by atoms with Gasteiger partial charge in [-0.15, -0.1) is 0 Å². The van der Waals surface area contributed by atoms with Gasteiger partial charge < -0.3 is 16.0 Å². The third-order valence-corrected chi connectivity index (χ3v) is 3.76. The monoisotopic (exact) mass is 289 g/mol. The van der Waals surface area contributed by atoms with Crippen molar-refractivity contribution in [1.29, 1.82) is 0 Å². The summed E-state index contributed by atoms with van der Waals surface area (Å²) in [4.78, 5) is 25.7. The second kappa shape index (κ2) is 7.78. The van der Waals surface area contributed by atoms with Crippen LogP contribution < -0.4 is 11.1 Å². The first-order valence-electron chi connectivity index (χ1n) is 7.52. The topological polar surface area (TPSA) is 75.4 Å². The third-order valence-electron chi connectivity index (χ3n) is 3.76. The maximum absolute atomic E-state index is 12.0. The number of benzene rings is 1. The number of likely N-dealkylation sites (tertiary alicyclic amines) is 1. The van der Waals surface area contributed by atoms with Crippen molar-refractivity contribution in [3.05, 3.63) is 35.9 Å². The van der Waals surface area contributed by atoms with Crippen molar-refractivity contribution >= 4 is 11.8 Å². The molecule has 1 atom stereocenters. The fourth-order valence-electron chi connectivity index (χ4n) is 2.51. The van der Waals surface area contributed by atoms with E-state index in [0.29, 0.717) is 6.42 Å². The SMILES string of the molecule is NC(Cc1ccccc1)C(=O)NCC(=O)N1CCCCC1. The number of carbonyl (C=O) groups excluding carboxylic acids is 2. The van der Waals surface area contributed by atoms with Gasteiger partial charge in [0, 0.05) is 13.1 Å². The molecule has 1 aliphatic rings. The molecule has 1 unspecified atom stereocenters. The van der Waals surface area contributed by atoms with E-state index in [2.05, 4.69) is 5.32 Å². The average molecular weight is 289 g/mol. The van der Waals surface area contributed by atoms with Crippen molar-refractivity contribution in [1.82, 2.24) is 10.2 Å². The smallest absolute Gasteiger partial charge is 0.241 e. The summed E-state index contributed by atoms with van der Waals surface area (Å²) in [5, 5.41) is 2.64. The first-order chi connectivity index (χ1) is 10.2. The van der Waals surface area contributed by atoms with Crippen molar-refractivity contribution in [2.24, 2.45) is 5.73 Å². The Morgan fingerprint density at radius 2 is 1.81 bits per heavy atom. The second-order valence-electron chi connectivity index (χ2n) is 5.46. The van der Waals surface area contributed by atoms with E-state index in [0.717, 1.165) is 31.5 Å². The van der Waals surface area contributed by atoms with Gasteiger partial charge in [-0.3, -0.25) is 9.59 Å². The predicted octanol–water partition coefficient (Wildman–Crippen LogP) is 0.685. The molecule has 0 radical (unpaired) electrons. The lowest BCUT2D eigenvalue weighted by atomic mass is 10.1.